The molecule has 4 aliphatic heterocycles. The van der Waals surface area contributed by atoms with Crippen LogP contribution in [0.1, 0.15) is 29.5 Å². The summed E-state index contributed by atoms with van der Waals surface area (Å²) in [6.07, 6.45) is -3.27. The number of hydrogen-bond donors (Lipinski definition) is 1. The number of carbonyl (C=O) groups excluding carboxylic acids is 3. The van der Waals surface area contributed by atoms with Gasteiger partial charge >= 0.3 is 6.18 Å². The van der Waals surface area contributed by atoms with Crippen LogP contribution in [0, 0.1) is 18.8 Å². The second-order valence-corrected chi connectivity index (χ2v) is 9.77. The maximum absolute atomic E-state index is 13.9. The Morgan fingerprint density at radius 2 is 1.88 bits per heavy atom. The third-order valence-corrected chi connectivity index (χ3v) is 7.91. The van der Waals surface area contributed by atoms with Crippen LogP contribution in [0.4, 0.5) is 24.5 Å². The molecule has 0 radical (unpaired) electrons. The van der Waals surface area contributed by atoms with Crippen LogP contribution in [-0.2, 0) is 26.1 Å². The van der Waals surface area contributed by atoms with Crippen molar-refractivity contribution in [2.45, 2.75) is 37.5 Å². The summed E-state index contributed by atoms with van der Waals surface area (Å²) >= 11 is 6.35. The topological polar surface area (TPSA) is 69.7 Å². The molecule has 2 aromatic carbocycles. The van der Waals surface area contributed by atoms with E-state index < -0.39 is 46.8 Å². The number of fused-ring (bicyclic) bond motifs is 7. The number of amides is 3. The van der Waals surface area contributed by atoms with Gasteiger partial charge < -0.3 is 5.32 Å². The Morgan fingerprint density at radius 3 is 2.62 bits per heavy atom. The van der Waals surface area contributed by atoms with E-state index in [0.29, 0.717) is 29.2 Å². The predicted octanol–water partition coefficient (Wildman–Crippen LogP) is 4.10. The molecule has 6 nitrogen and oxygen atoms in total. The number of rotatable bonds is 1. The molecule has 4 aliphatic rings. The highest BCUT2D eigenvalue weighted by Gasteiger charge is 2.74. The van der Waals surface area contributed by atoms with Gasteiger partial charge in [0.25, 0.3) is 0 Å². The fourth-order valence-corrected chi connectivity index (χ4v) is 6.78. The molecule has 2 aromatic rings. The molecule has 3 amide bonds. The van der Waals surface area contributed by atoms with E-state index in [1.165, 1.54) is 12.1 Å². The van der Waals surface area contributed by atoms with Crippen LogP contribution in [0.3, 0.4) is 0 Å². The second-order valence-electron chi connectivity index (χ2n) is 9.33. The summed E-state index contributed by atoms with van der Waals surface area (Å²) in [5, 5.41) is 3.30. The van der Waals surface area contributed by atoms with E-state index in [9.17, 15) is 27.6 Å². The number of benzene rings is 2. The van der Waals surface area contributed by atoms with Crippen molar-refractivity contribution in [1.29, 1.82) is 0 Å². The SMILES string of the molecule is Cc1cc(Cl)cc2c1NC(=O)[C@@]21[C@@H]2C(=O)N(c3cccc(C(F)(F)F)c3)C(=O)[C@@H]2[C@@H]2CCCN21. The first-order chi connectivity index (χ1) is 16.1. The van der Waals surface area contributed by atoms with Crippen LogP contribution in [0.2, 0.25) is 5.02 Å². The Balaban J connectivity index is 1.54. The van der Waals surface area contributed by atoms with E-state index in [4.69, 9.17) is 11.6 Å². The van der Waals surface area contributed by atoms with Gasteiger partial charge in [-0.05, 0) is 62.2 Å². The van der Waals surface area contributed by atoms with E-state index >= 15 is 0 Å². The molecule has 0 bridgehead atoms. The van der Waals surface area contributed by atoms with Gasteiger partial charge in [0.2, 0.25) is 17.7 Å². The summed E-state index contributed by atoms with van der Waals surface area (Å²) < 4.78 is 40.0. The normalized spacial score (nSPS) is 30.2. The summed E-state index contributed by atoms with van der Waals surface area (Å²) in [4.78, 5) is 43.9. The summed E-state index contributed by atoms with van der Waals surface area (Å²) in [6, 6.07) is 7.18. The van der Waals surface area contributed by atoms with Gasteiger partial charge in [-0.1, -0.05) is 17.7 Å². The molecule has 3 saturated heterocycles. The first kappa shape index (κ1) is 21.6. The molecule has 1 N–H and O–H groups in total. The van der Waals surface area contributed by atoms with Crippen molar-refractivity contribution < 1.29 is 27.6 Å². The van der Waals surface area contributed by atoms with Crippen LogP contribution in [0.15, 0.2) is 36.4 Å². The van der Waals surface area contributed by atoms with Crippen LogP contribution < -0.4 is 10.2 Å². The van der Waals surface area contributed by atoms with Crippen LogP contribution in [-0.4, -0.2) is 35.2 Å². The minimum Gasteiger partial charge on any atom is -0.324 e. The van der Waals surface area contributed by atoms with Gasteiger partial charge in [0.15, 0.2) is 0 Å². The van der Waals surface area contributed by atoms with Gasteiger partial charge in [-0.15, -0.1) is 0 Å². The standard InChI is InChI=1S/C24H19ClF3N3O3/c1-11-8-13(25)10-15-19(11)29-22(34)23(15)18-17(16-6-3-7-30(16)23)20(32)31(21(18)33)14-5-2-4-12(9-14)24(26,27)28/h2,4-5,8-10,16-18H,3,6-7H2,1H3,(H,29,34)/t16-,17+,18-,23-/m0/s1. The highest BCUT2D eigenvalue weighted by molar-refractivity contribution is 6.31. The summed E-state index contributed by atoms with van der Waals surface area (Å²) in [6.45, 7) is 2.33. The zero-order valence-corrected chi connectivity index (χ0v) is 18.7. The summed E-state index contributed by atoms with van der Waals surface area (Å²) in [5.74, 6) is -3.52. The van der Waals surface area contributed by atoms with E-state index in [0.717, 1.165) is 29.0 Å². The molecule has 0 aromatic heterocycles. The number of alkyl halides is 3. The van der Waals surface area contributed by atoms with Gasteiger partial charge in [-0.3, -0.25) is 19.3 Å². The molecule has 1 spiro atoms. The molecular formula is C24H19ClF3N3O3. The van der Waals surface area contributed by atoms with Crippen LogP contribution in [0.25, 0.3) is 0 Å². The first-order valence-corrected chi connectivity index (χ1v) is 11.4. The van der Waals surface area contributed by atoms with Crippen molar-refractivity contribution in [2.75, 3.05) is 16.8 Å². The van der Waals surface area contributed by atoms with Crippen molar-refractivity contribution in [3.05, 3.63) is 58.1 Å². The Hall–Kier alpha value is -2.91. The lowest BCUT2D eigenvalue weighted by Crippen LogP contribution is -2.54. The van der Waals surface area contributed by atoms with Crippen LogP contribution >= 0.6 is 11.6 Å². The molecule has 0 saturated carbocycles. The van der Waals surface area contributed by atoms with E-state index in [1.54, 1.807) is 19.1 Å². The van der Waals surface area contributed by atoms with E-state index in [1.807, 2.05) is 4.90 Å². The van der Waals surface area contributed by atoms with Gasteiger partial charge in [0.05, 0.1) is 23.1 Å². The largest absolute Gasteiger partial charge is 0.416 e. The highest BCUT2D eigenvalue weighted by atomic mass is 35.5. The number of aryl methyl sites for hydroxylation is 1. The van der Waals surface area contributed by atoms with Crippen molar-refractivity contribution in [1.82, 2.24) is 4.90 Å². The highest BCUT2D eigenvalue weighted by Crippen LogP contribution is 2.61. The Bertz CT molecular complexity index is 1300. The van der Waals surface area contributed by atoms with Gasteiger partial charge in [0, 0.05) is 22.3 Å². The minimum atomic E-state index is -4.63. The summed E-state index contributed by atoms with van der Waals surface area (Å²) in [5.41, 5.74) is -0.670. The smallest absolute Gasteiger partial charge is 0.324 e. The molecule has 34 heavy (non-hydrogen) atoms. The monoisotopic (exact) mass is 489 g/mol. The maximum atomic E-state index is 13.9. The average Bonchev–Trinajstić information content (AvgIpc) is 3.47. The zero-order valence-electron chi connectivity index (χ0n) is 17.9. The number of anilines is 2. The quantitative estimate of drug-likeness (QED) is 0.612. The van der Waals surface area contributed by atoms with Gasteiger partial charge in [-0.25, -0.2) is 4.90 Å². The Kier molecular flexibility index (Phi) is 4.34. The Morgan fingerprint density at radius 1 is 1.12 bits per heavy atom. The van der Waals surface area contributed by atoms with E-state index in [2.05, 4.69) is 5.32 Å². The number of nitrogens with zero attached hydrogens (tertiary/aromatic N) is 2. The first-order valence-electron chi connectivity index (χ1n) is 11.0. The lowest BCUT2D eigenvalue weighted by molar-refractivity contribution is -0.137. The molecule has 176 valence electrons. The van der Waals surface area contributed by atoms with Crippen LogP contribution in [0.5, 0.6) is 0 Å². The van der Waals surface area contributed by atoms with Crippen molar-refractivity contribution in [2.24, 2.45) is 11.8 Å². The maximum Gasteiger partial charge on any atom is 0.416 e. The summed E-state index contributed by atoms with van der Waals surface area (Å²) in [7, 11) is 0. The second kappa shape index (κ2) is 6.82. The number of imide groups is 1. The third-order valence-electron chi connectivity index (χ3n) is 7.70. The molecule has 10 heteroatoms. The number of hydrogen-bond acceptors (Lipinski definition) is 4. The predicted molar refractivity (Wildman–Crippen MR) is 117 cm³/mol. The zero-order chi connectivity index (χ0) is 24.2. The fourth-order valence-electron chi connectivity index (χ4n) is 6.51. The molecule has 6 rings (SSSR count). The van der Waals surface area contributed by atoms with E-state index in [-0.39, 0.29) is 11.7 Å². The number of halogens is 4. The minimum absolute atomic E-state index is 0.139. The fraction of sp³-hybridized carbons (Fsp3) is 0.375. The Labute approximate surface area is 197 Å². The molecule has 4 atom stereocenters. The van der Waals surface area contributed by atoms with Gasteiger partial charge in [0.1, 0.15) is 5.54 Å². The molecule has 0 unspecified atom stereocenters. The average molecular weight is 490 g/mol. The molecular weight excluding hydrogens is 471 g/mol. The van der Waals surface area contributed by atoms with Gasteiger partial charge in [-0.2, -0.15) is 13.2 Å². The lowest BCUT2D eigenvalue weighted by Gasteiger charge is -2.36. The molecule has 4 heterocycles. The molecule has 3 fully saturated rings. The van der Waals surface area contributed by atoms with Crippen molar-refractivity contribution in [3.8, 4) is 0 Å². The van der Waals surface area contributed by atoms with Crippen molar-refractivity contribution >= 4 is 40.7 Å². The molecule has 0 aliphatic carbocycles. The number of carbonyl (C=O) groups is 3. The lowest BCUT2D eigenvalue weighted by atomic mass is 9.75. The third kappa shape index (κ3) is 2.54. The number of nitrogens with one attached hydrogen (secondary N) is 1. The van der Waals surface area contributed by atoms with Crippen molar-refractivity contribution in [3.63, 3.8) is 0 Å².